The fourth-order valence-electron chi connectivity index (χ4n) is 2.26. The third-order valence-corrected chi connectivity index (χ3v) is 3.68. The number of nitro groups is 1. The fraction of sp³-hybridized carbons (Fsp3) is 0.636. The van der Waals surface area contributed by atoms with Crippen molar-refractivity contribution in [3.05, 3.63) is 34.4 Å². The van der Waals surface area contributed by atoms with Crippen LogP contribution in [-0.4, -0.2) is 82.1 Å². The molecule has 12 heteroatoms. The Balaban J connectivity index is 1.86. The number of hydrogen-bond acceptors (Lipinski definition) is 11. The fourth-order valence-corrected chi connectivity index (χ4v) is 2.26. The second-order valence-electron chi connectivity index (χ2n) is 7.74. The molecule has 0 radical (unpaired) electrons. The summed E-state index contributed by atoms with van der Waals surface area (Å²) in [5.41, 5.74) is -0.602. The topological polar surface area (TPSA) is 142 Å². The van der Waals surface area contributed by atoms with E-state index in [1.54, 1.807) is 0 Å². The maximum atomic E-state index is 11.5. The van der Waals surface area contributed by atoms with Gasteiger partial charge in [0.2, 0.25) is 0 Å². The monoisotopic (exact) mass is 487 g/mol. The highest BCUT2D eigenvalue weighted by Crippen LogP contribution is 2.17. The molecule has 0 aliphatic carbocycles. The molecule has 0 heterocycles. The smallest absolute Gasteiger partial charge is 0.460 e. The zero-order valence-electron chi connectivity index (χ0n) is 19.8. The number of carbonyl (C=O) groups excluding carboxylic acids is 2. The van der Waals surface area contributed by atoms with E-state index in [4.69, 9.17) is 33.2 Å². The summed E-state index contributed by atoms with van der Waals surface area (Å²) in [5.74, 6) is -0.155. The Morgan fingerprint density at radius 2 is 1.26 bits per heavy atom. The van der Waals surface area contributed by atoms with Gasteiger partial charge in [-0.2, -0.15) is 0 Å². The van der Waals surface area contributed by atoms with Crippen LogP contribution in [0.4, 0.5) is 10.5 Å². The van der Waals surface area contributed by atoms with Gasteiger partial charge in [-0.15, -0.1) is 0 Å². The Labute approximate surface area is 198 Å². The first-order chi connectivity index (χ1) is 16.2. The van der Waals surface area contributed by atoms with Crippen molar-refractivity contribution in [1.29, 1.82) is 0 Å². The molecular weight excluding hydrogens is 454 g/mol. The van der Waals surface area contributed by atoms with Gasteiger partial charge in [-0.1, -0.05) is 0 Å². The van der Waals surface area contributed by atoms with Crippen molar-refractivity contribution in [3.8, 4) is 5.75 Å². The van der Waals surface area contributed by atoms with Gasteiger partial charge in [0.25, 0.3) is 5.69 Å². The van der Waals surface area contributed by atoms with Crippen molar-refractivity contribution in [3.63, 3.8) is 0 Å². The molecule has 1 aromatic rings. The average Bonchev–Trinajstić information content (AvgIpc) is 2.75. The Bertz CT molecular complexity index is 731. The molecule has 0 saturated carbocycles. The number of benzene rings is 1. The minimum absolute atomic E-state index is 0.0111. The van der Waals surface area contributed by atoms with Gasteiger partial charge in [0.05, 0.1) is 64.2 Å². The first-order valence-corrected chi connectivity index (χ1v) is 10.8. The lowest BCUT2D eigenvalue weighted by molar-refractivity contribution is -0.384. The predicted octanol–water partition coefficient (Wildman–Crippen LogP) is 2.91. The summed E-state index contributed by atoms with van der Waals surface area (Å²) in [6.07, 6.45) is -0.730. The molecule has 12 nitrogen and oxygen atoms in total. The van der Waals surface area contributed by atoms with Gasteiger partial charge in [0.1, 0.15) is 18.0 Å². The summed E-state index contributed by atoms with van der Waals surface area (Å²) in [6, 6.07) is 5.05. The van der Waals surface area contributed by atoms with Crippen molar-refractivity contribution in [1.82, 2.24) is 0 Å². The Morgan fingerprint density at radius 3 is 1.74 bits per heavy atom. The lowest BCUT2D eigenvalue weighted by atomic mass is 10.2. The summed E-state index contributed by atoms with van der Waals surface area (Å²) < 4.78 is 36.2. The molecular formula is C22H33NO11. The third-order valence-electron chi connectivity index (χ3n) is 3.68. The van der Waals surface area contributed by atoms with Crippen molar-refractivity contribution in [2.24, 2.45) is 0 Å². The lowest BCUT2D eigenvalue weighted by Gasteiger charge is -2.19. The van der Waals surface area contributed by atoms with Gasteiger partial charge in [-0.05, 0) is 32.9 Å². The zero-order chi connectivity index (χ0) is 25.2. The normalized spacial score (nSPS) is 11.1. The Kier molecular flexibility index (Phi) is 14.4. The molecule has 0 unspecified atom stereocenters. The number of nitrogens with zero attached hydrogens (tertiary/aromatic N) is 1. The summed E-state index contributed by atoms with van der Waals surface area (Å²) in [4.78, 5) is 33.0. The number of rotatable bonds is 17. The van der Waals surface area contributed by atoms with E-state index in [9.17, 15) is 19.7 Å². The molecule has 0 N–H and O–H groups in total. The van der Waals surface area contributed by atoms with Gasteiger partial charge in [-0.3, -0.25) is 14.9 Å². The maximum absolute atomic E-state index is 11.5. The van der Waals surface area contributed by atoms with Gasteiger partial charge in [0, 0.05) is 12.1 Å². The molecule has 0 aliphatic rings. The van der Waals surface area contributed by atoms with Crippen LogP contribution in [-0.2, 0) is 33.2 Å². The average molecular weight is 488 g/mol. The Morgan fingerprint density at radius 1 is 0.794 bits per heavy atom. The van der Waals surface area contributed by atoms with Crippen LogP contribution in [0.25, 0.3) is 0 Å². The van der Waals surface area contributed by atoms with Gasteiger partial charge < -0.3 is 33.2 Å². The first-order valence-electron chi connectivity index (χ1n) is 10.8. The second kappa shape index (κ2) is 16.8. The third kappa shape index (κ3) is 15.9. The highest BCUT2D eigenvalue weighted by atomic mass is 16.7. The molecule has 0 amide bonds. The van der Waals surface area contributed by atoms with E-state index in [1.165, 1.54) is 24.3 Å². The van der Waals surface area contributed by atoms with E-state index in [0.29, 0.717) is 39.6 Å². The molecule has 192 valence electrons. The SMILES string of the molecule is CC(C)(C)OC(=O)CCOCCOCCOCCOCCOC(=O)Oc1ccc([N+](=O)[O-])cc1. The highest BCUT2D eigenvalue weighted by molar-refractivity contribution is 5.69. The molecule has 0 saturated heterocycles. The van der Waals surface area contributed by atoms with E-state index >= 15 is 0 Å². The molecule has 0 aliphatic heterocycles. The summed E-state index contributed by atoms with van der Waals surface area (Å²) in [7, 11) is 0. The van der Waals surface area contributed by atoms with E-state index in [1.807, 2.05) is 20.8 Å². The minimum atomic E-state index is -0.931. The molecule has 34 heavy (non-hydrogen) atoms. The van der Waals surface area contributed by atoms with Crippen molar-refractivity contribution in [2.75, 3.05) is 59.5 Å². The van der Waals surface area contributed by atoms with Crippen LogP contribution in [0.2, 0.25) is 0 Å². The van der Waals surface area contributed by atoms with Crippen molar-refractivity contribution in [2.45, 2.75) is 32.8 Å². The number of non-ortho nitro benzene ring substituents is 1. The molecule has 1 aromatic carbocycles. The van der Waals surface area contributed by atoms with Crippen LogP contribution >= 0.6 is 0 Å². The maximum Gasteiger partial charge on any atom is 0.513 e. The Hall–Kier alpha value is -2.80. The molecule has 0 spiro atoms. The van der Waals surface area contributed by atoms with Crippen molar-refractivity contribution >= 4 is 17.8 Å². The summed E-state index contributed by atoms with van der Waals surface area (Å²) in [6.45, 7) is 8.09. The first kappa shape index (κ1) is 29.2. The van der Waals surface area contributed by atoms with Crippen LogP contribution in [0, 0.1) is 10.1 Å². The van der Waals surface area contributed by atoms with Gasteiger partial charge in [0.15, 0.2) is 0 Å². The molecule has 1 rings (SSSR count). The van der Waals surface area contributed by atoms with Crippen LogP contribution in [0.5, 0.6) is 5.75 Å². The van der Waals surface area contributed by atoms with Crippen LogP contribution in [0.3, 0.4) is 0 Å². The predicted molar refractivity (Wildman–Crippen MR) is 119 cm³/mol. The number of esters is 1. The zero-order valence-corrected chi connectivity index (χ0v) is 19.8. The van der Waals surface area contributed by atoms with E-state index < -0.39 is 16.7 Å². The second-order valence-corrected chi connectivity index (χ2v) is 7.74. The molecule has 0 atom stereocenters. The van der Waals surface area contributed by atoms with Crippen LogP contribution in [0.1, 0.15) is 27.2 Å². The quantitative estimate of drug-likeness (QED) is 0.105. The molecule has 0 fully saturated rings. The summed E-state index contributed by atoms with van der Waals surface area (Å²) >= 11 is 0. The molecule has 0 aromatic heterocycles. The van der Waals surface area contributed by atoms with Crippen LogP contribution < -0.4 is 4.74 Å². The van der Waals surface area contributed by atoms with Crippen molar-refractivity contribution < 1.29 is 47.7 Å². The van der Waals surface area contributed by atoms with E-state index in [2.05, 4.69) is 0 Å². The lowest BCUT2D eigenvalue weighted by Crippen LogP contribution is -2.24. The van der Waals surface area contributed by atoms with Gasteiger partial charge >= 0.3 is 12.1 Å². The number of ether oxygens (including phenoxy) is 7. The van der Waals surface area contributed by atoms with Gasteiger partial charge in [-0.25, -0.2) is 4.79 Å². The number of hydrogen-bond donors (Lipinski definition) is 0. The van der Waals surface area contributed by atoms with E-state index in [-0.39, 0.29) is 43.6 Å². The number of carbonyl (C=O) groups is 2. The number of nitro benzene ring substituents is 1. The summed E-state index contributed by atoms with van der Waals surface area (Å²) in [5, 5.41) is 10.6. The largest absolute Gasteiger partial charge is 0.513 e. The minimum Gasteiger partial charge on any atom is -0.460 e. The van der Waals surface area contributed by atoms with Crippen LogP contribution in [0.15, 0.2) is 24.3 Å². The standard InChI is InChI=1S/C22H33NO11/c1-22(2,3)34-20(24)8-9-28-10-11-29-12-13-30-14-15-31-16-17-32-21(25)33-19-6-4-18(5-7-19)23(26)27/h4-7H,8-17H2,1-3H3. The van der Waals surface area contributed by atoms with E-state index in [0.717, 1.165) is 0 Å². The highest BCUT2D eigenvalue weighted by Gasteiger charge is 2.15. The molecule has 0 bridgehead atoms.